The van der Waals surface area contributed by atoms with Crippen molar-refractivity contribution in [2.45, 2.75) is 33.2 Å². The predicted octanol–water partition coefficient (Wildman–Crippen LogP) is 3.03. The summed E-state index contributed by atoms with van der Waals surface area (Å²) < 4.78 is 7.18. The molecule has 0 N–H and O–H groups in total. The van der Waals surface area contributed by atoms with Gasteiger partial charge in [0.1, 0.15) is 5.65 Å². The van der Waals surface area contributed by atoms with Crippen LogP contribution in [0.1, 0.15) is 47.4 Å². The smallest absolute Gasteiger partial charge is 0.292 e. The molecule has 3 rings (SSSR count). The molecule has 1 amide bonds. The first kappa shape index (κ1) is 15.3. The molecule has 0 spiro atoms. The molecule has 120 valence electrons. The van der Waals surface area contributed by atoms with Crippen LogP contribution in [0.2, 0.25) is 0 Å². The highest BCUT2D eigenvalue weighted by Crippen LogP contribution is 2.17. The number of hydrogen-bond acceptors (Lipinski definition) is 4. The zero-order chi connectivity index (χ0) is 16.6. The van der Waals surface area contributed by atoms with Gasteiger partial charge in [-0.15, -0.1) is 0 Å². The van der Waals surface area contributed by atoms with E-state index in [0.29, 0.717) is 6.54 Å². The van der Waals surface area contributed by atoms with Gasteiger partial charge in [-0.2, -0.15) is 0 Å². The average molecular weight is 312 g/mol. The third-order valence-corrected chi connectivity index (χ3v) is 3.89. The molecule has 0 saturated heterocycles. The number of hydrogen-bond donors (Lipinski definition) is 0. The summed E-state index contributed by atoms with van der Waals surface area (Å²) in [7, 11) is 1.75. The number of amides is 1. The molecule has 0 aromatic carbocycles. The van der Waals surface area contributed by atoms with Gasteiger partial charge in [-0.1, -0.05) is 25.1 Å². The highest BCUT2D eigenvalue weighted by molar-refractivity contribution is 5.91. The van der Waals surface area contributed by atoms with Crippen LogP contribution in [0, 0.1) is 6.92 Å². The van der Waals surface area contributed by atoms with Crippen molar-refractivity contribution in [3.8, 4) is 0 Å². The summed E-state index contributed by atoms with van der Waals surface area (Å²) in [6.45, 7) is 6.43. The minimum absolute atomic E-state index is 0.185. The summed E-state index contributed by atoms with van der Waals surface area (Å²) in [4.78, 5) is 18.7. The standard InChI is InChI=1S/C17H20N4O2/c1-11(2)13-9-15(23-19-13)17(22)20(4)10-14-12(3)18-16-7-5-6-8-21(14)16/h5-9,11H,10H2,1-4H3. The number of nitrogens with zero attached hydrogens (tertiary/aromatic N) is 4. The van der Waals surface area contributed by atoms with Gasteiger partial charge in [-0.3, -0.25) is 4.79 Å². The maximum atomic E-state index is 12.5. The molecule has 0 aliphatic carbocycles. The average Bonchev–Trinajstić information content (AvgIpc) is 3.12. The van der Waals surface area contributed by atoms with E-state index in [1.54, 1.807) is 18.0 Å². The Labute approximate surface area is 134 Å². The summed E-state index contributed by atoms with van der Waals surface area (Å²) in [6.07, 6.45) is 1.95. The zero-order valence-corrected chi connectivity index (χ0v) is 13.8. The van der Waals surface area contributed by atoms with E-state index in [1.807, 2.05) is 49.6 Å². The van der Waals surface area contributed by atoms with Crippen molar-refractivity contribution in [1.82, 2.24) is 19.4 Å². The Morgan fingerprint density at radius 2 is 2.17 bits per heavy atom. The first-order valence-corrected chi connectivity index (χ1v) is 7.62. The van der Waals surface area contributed by atoms with E-state index in [4.69, 9.17) is 4.52 Å². The van der Waals surface area contributed by atoms with Gasteiger partial charge in [0.15, 0.2) is 0 Å². The van der Waals surface area contributed by atoms with Crippen LogP contribution in [0.15, 0.2) is 35.0 Å². The van der Waals surface area contributed by atoms with Crippen molar-refractivity contribution < 1.29 is 9.32 Å². The first-order chi connectivity index (χ1) is 11.0. The lowest BCUT2D eigenvalue weighted by atomic mass is 10.1. The monoisotopic (exact) mass is 312 g/mol. The van der Waals surface area contributed by atoms with Crippen LogP contribution in [0.5, 0.6) is 0 Å². The number of carbonyl (C=O) groups excluding carboxylic acids is 1. The van der Waals surface area contributed by atoms with Gasteiger partial charge in [0.25, 0.3) is 5.91 Å². The Hall–Kier alpha value is -2.63. The van der Waals surface area contributed by atoms with Crippen LogP contribution < -0.4 is 0 Å². The van der Waals surface area contributed by atoms with Crippen LogP contribution in [0.4, 0.5) is 0 Å². The molecule has 0 fully saturated rings. The van der Waals surface area contributed by atoms with Crippen LogP contribution in [-0.4, -0.2) is 32.4 Å². The van der Waals surface area contributed by atoms with E-state index < -0.39 is 0 Å². The summed E-state index contributed by atoms with van der Waals surface area (Å²) in [5.41, 5.74) is 3.56. The summed E-state index contributed by atoms with van der Waals surface area (Å²) in [5, 5.41) is 3.94. The molecule has 0 bridgehead atoms. The summed E-state index contributed by atoms with van der Waals surface area (Å²) >= 11 is 0. The summed E-state index contributed by atoms with van der Waals surface area (Å²) in [5.74, 6) is 0.309. The van der Waals surface area contributed by atoms with Crippen molar-refractivity contribution >= 4 is 11.6 Å². The van der Waals surface area contributed by atoms with Crippen molar-refractivity contribution in [2.24, 2.45) is 0 Å². The molecule has 3 heterocycles. The maximum Gasteiger partial charge on any atom is 0.292 e. The van der Waals surface area contributed by atoms with Crippen LogP contribution in [0.3, 0.4) is 0 Å². The second-order valence-electron chi connectivity index (χ2n) is 6.00. The normalized spacial score (nSPS) is 11.3. The van der Waals surface area contributed by atoms with E-state index in [0.717, 1.165) is 22.7 Å². The lowest BCUT2D eigenvalue weighted by Gasteiger charge is -2.15. The molecule has 0 aliphatic heterocycles. The Morgan fingerprint density at radius 3 is 2.87 bits per heavy atom. The number of carbonyl (C=O) groups is 1. The van der Waals surface area contributed by atoms with E-state index in [-0.39, 0.29) is 17.6 Å². The minimum Gasteiger partial charge on any atom is -0.351 e. The van der Waals surface area contributed by atoms with Crippen molar-refractivity contribution in [3.63, 3.8) is 0 Å². The van der Waals surface area contributed by atoms with Gasteiger partial charge in [0, 0.05) is 19.3 Å². The van der Waals surface area contributed by atoms with Gasteiger partial charge >= 0.3 is 0 Å². The Kier molecular flexibility index (Phi) is 3.90. The molecule has 0 unspecified atom stereocenters. The van der Waals surface area contributed by atoms with Crippen molar-refractivity contribution in [1.29, 1.82) is 0 Å². The fourth-order valence-corrected chi connectivity index (χ4v) is 2.50. The van der Waals surface area contributed by atoms with Crippen LogP contribution in [-0.2, 0) is 6.54 Å². The number of fused-ring (bicyclic) bond motifs is 1. The third-order valence-electron chi connectivity index (χ3n) is 3.89. The largest absolute Gasteiger partial charge is 0.351 e. The lowest BCUT2D eigenvalue weighted by molar-refractivity contribution is 0.0741. The van der Waals surface area contributed by atoms with Crippen LogP contribution >= 0.6 is 0 Å². The molecule has 0 radical (unpaired) electrons. The number of rotatable bonds is 4. The van der Waals surface area contributed by atoms with Gasteiger partial charge in [0.2, 0.25) is 5.76 Å². The molecule has 3 aromatic rings. The fraction of sp³-hybridized carbons (Fsp3) is 0.353. The Bertz CT molecular complexity index is 847. The van der Waals surface area contributed by atoms with E-state index in [9.17, 15) is 4.79 Å². The minimum atomic E-state index is -0.185. The molecule has 3 aromatic heterocycles. The lowest BCUT2D eigenvalue weighted by Crippen LogP contribution is -2.26. The topological polar surface area (TPSA) is 63.6 Å². The fourth-order valence-electron chi connectivity index (χ4n) is 2.50. The summed E-state index contributed by atoms with van der Waals surface area (Å²) in [6, 6.07) is 7.56. The van der Waals surface area contributed by atoms with Gasteiger partial charge < -0.3 is 13.8 Å². The van der Waals surface area contributed by atoms with Crippen LogP contribution in [0.25, 0.3) is 5.65 Å². The highest BCUT2D eigenvalue weighted by Gasteiger charge is 2.20. The van der Waals surface area contributed by atoms with Gasteiger partial charge in [-0.05, 0) is 25.0 Å². The van der Waals surface area contributed by atoms with E-state index >= 15 is 0 Å². The number of aryl methyl sites for hydroxylation is 1. The second kappa shape index (κ2) is 5.87. The Morgan fingerprint density at radius 1 is 1.39 bits per heavy atom. The van der Waals surface area contributed by atoms with Crippen molar-refractivity contribution in [2.75, 3.05) is 7.05 Å². The third kappa shape index (κ3) is 2.84. The molecule has 6 heteroatoms. The maximum absolute atomic E-state index is 12.5. The molecule has 6 nitrogen and oxygen atoms in total. The van der Waals surface area contributed by atoms with E-state index in [2.05, 4.69) is 10.1 Å². The van der Waals surface area contributed by atoms with Crippen molar-refractivity contribution in [3.05, 3.63) is 53.3 Å². The van der Waals surface area contributed by atoms with Gasteiger partial charge in [0.05, 0.1) is 23.6 Å². The molecule has 0 saturated carbocycles. The number of pyridine rings is 1. The predicted molar refractivity (Wildman–Crippen MR) is 86.3 cm³/mol. The second-order valence-corrected chi connectivity index (χ2v) is 6.00. The quantitative estimate of drug-likeness (QED) is 0.743. The zero-order valence-electron chi connectivity index (χ0n) is 13.8. The SMILES string of the molecule is Cc1nc2ccccn2c1CN(C)C(=O)c1cc(C(C)C)no1. The molecule has 0 aliphatic rings. The first-order valence-electron chi connectivity index (χ1n) is 7.62. The molecular formula is C17H20N4O2. The molecular weight excluding hydrogens is 292 g/mol. The number of aromatic nitrogens is 3. The van der Waals surface area contributed by atoms with E-state index in [1.165, 1.54) is 0 Å². The van der Waals surface area contributed by atoms with Gasteiger partial charge in [-0.25, -0.2) is 4.98 Å². The number of imidazole rings is 1. The molecule has 23 heavy (non-hydrogen) atoms. The highest BCUT2D eigenvalue weighted by atomic mass is 16.5. The Balaban J connectivity index is 1.83. The molecule has 0 atom stereocenters.